The summed E-state index contributed by atoms with van der Waals surface area (Å²) >= 11 is 1.72. The fraction of sp³-hybridized carbons (Fsp3) is 0.571. The highest BCUT2D eigenvalue weighted by atomic mass is 127. The van der Waals surface area contributed by atoms with Crippen LogP contribution in [0.2, 0.25) is 0 Å². The molecule has 2 N–H and O–H groups in total. The number of nitro groups is 1. The highest BCUT2D eigenvalue weighted by Crippen LogP contribution is 2.32. The molecule has 0 unspecified atom stereocenters. The van der Waals surface area contributed by atoms with Crippen LogP contribution in [-0.2, 0) is 0 Å². The van der Waals surface area contributed by atoms with E-state index in [1.54, 1.807) is 22.6 Å². The third-order valence-corrected chi connectivity index (χ3v) is 4.64. The first-order valence-corrected chi connectivity index (χ1v) is 8.04. The third-order valence-electron chi connectivity index (χ3n) is 3.81. The van der Waals surface area contributed by atoms with E-state index >= 15 is 0 Å². The Morgan fingerprint density at radius 2 is 1.95 bits per heavy atom. The molecule has 5 nitrogen and oxygen atoms in total. The van der Waals surface area contributed by atoms with E-state index in [9.17, 15) is 14.5 Å². The highest BCUT2D eigenvalue weighted by Gasteiger charge is 2.29. The predicted octanol–water partition coefficient (Wildman–Crippen LogP) is 3.77. The number of nitrogens with zero attached hydrogens (tertiary/aromatic N) is 1. The Labute approximate surface area is 136 Å². The van der Waals surface area contributed by atoms with Gasteiger partial charge in [0.05, 0.1) is 14.0 Å². The Balaban J connectivity index is 2.15. The standard InChI is InChI=1S/C14H18FIN2O3/c15-10-7-13(12(18(19)20)8-11(10)16)21-9-14(17)5-3-1-2-4-6-14/h7-8H,1-6,9,17H2. The molecule has 21 heavy (non-hydrogen) atoms. The van der Waals surface area contributed by atoms with Gasteiger partial charge >= 0.3 is 5.69 Å². The molecule has 0 aliphatic heterocycles. The monoisotopic (exact) mass is 408 g/mol. The van der Waals surface area contributed by atoms with Gasteiger partial charge in [0.2, 0.25) is 0 Å². The molecular weight excluding hydrogens is 390 g/mol. The van der Waals surface area contributed by atoms with E-state index in [1.807, 2.05) is 0 Å². The molecule has 0 aromatic heterocycles. The molecule has 1 fully saturated rings. The summed E-state index contributed by atoms with van der Waals surface area (Å²) in [5.41, 5.74) is 5.60. The second kappa shape index (κ2) is 6.87. The van der Waals surface area contributed by atoms with Gasteiger partial charge in [-0.25, -0.2) is 4.39 Å². The van der Waals surface area contributed by atoms with Crippen molar-refractivity contribution in [1.82, 2.24) is 0 Å². The van der Waals surface area contributed by atoms with Crippen molar-refractivity contribution < 1.29 is 14.1 Å². The number of benzene rings is 1. The highest BCUT2D eigenvalue weighted by molar-refractivity contribution is 14.1. The van der Waals surface area contributed by atoms with E-state index in [0.717, 1.165) is 44.6 Å². The summed E-state index contributed by atoms with van der Waals surface area (Å²) in [6, 6.07) is 2.25. The Bertz CT molecular complexity index is 531. The SMILES string of the molecule is NC1(COc2cc(F)c(I)cc2[N+](=O)[O-])CCCCCC1. The zero-order chi connectivity index (χ0) is 15.5. The third kappa shape index (κ3) is 4.26. The Hall–Kier alpha value is -0.960. The molecule has 116 valence electrons. The predicted molar refractivity (Wildman–Crippen MR) is 85.9 cm³/mol. The number of halogens is 2. The van der Waals surface area contributed by atoms with E-state index in [2.05, 4.69) is 0 Å². The summed E-state index contributed by atoms with van der Waals surface area (Å²) in [7, 11) is 0. The van der Waals surface area contributed by atoms with Crippen molar-refractivity contribution in [3.63, 3.8) is 0 Å². The van der Waals surface area contributed by atoms with Crippen molar-refractivity contribution in [2.45, 2.75) is 44.1 Å². The van der Waals surface area contributed by atoms with E-state index in [1.165, 1.54) is 6.07 Å². The zero-order valence-corrected chi connectivity index (χ0v) is 13.8. The maximum atomic E-state index is 13.6. The van der Waals surface area contributed by atoms with Crippen LogP contribution in [0.1, 0.15) is 38.5 Å². The first-order valence-electron chi connectivity index (χ1n) is 6.96. The molecular formula is C14H18FIN2O3. The lowest BCUT2D eigenvalue weighted by atomic mass is 9.92. The fourth-order valence-electron chi connectivity index (χ4n) is 2.57. The molecule has 0 saturated heterocycles. The second-order valence-electron chi connectivity index (χ2n) is 5.56. The van der Waals surface area contributed by atoms with Crippen LogP contribution in [0.25, 0.3) is 0 Å². The van der Waals surface area contributed by atoms with Gasteiger partial charge in [-0.1, -0.05) is 25.7 Å². The van der Waals surface area contributed by atoms with E-state index in [4.69, 9.17) is 10.5 Å². The summed E-state index contributed by atoms with van der Waals surface area (Å²) in [6.07, 6.45) is 6.02. The van der Waals surface area contributed by atoms with E-state index < -0.39 is 16.3 Å². The molecule has 0 radical (unpaired) electrons. The molecule has 0 spiro atoms. The Kier molecular flexibility index (Phi) is 5.37. The maximum Gasteiger partial charge on any atom is 0.312 e. The van der Waals surface area contributed by atoms with Crippen LogP contribution >= 0.6 is 22.6 Å². The quantitative estimate of drug-likeness (QED) is 0.356. The van der Waals surface area contributed by atoms with E-state index in [0.29, 0.717) is 0 Å². The molecule has 1 saturated carbocycles. The molecule has 1 aromatic rings. The van der Waals surface area contributed by atoms with Crippen LogP contribution in [0.5, 0.6) is 5.75 Å². The van der Waals surface area contributed by atoms with Crippen LogP contribution in [0.3, 0.4) is 0 Å². The number of ether oxygens (including phenoxy) is 1. The average molecular weight is 408 g/mol. The summed E-state index contributed by atoms with van der Waals surface area (Å²) in [5, 5.41) is 11.0. The van der Waals surface area contributed by atoms with Crippen LogP contribution < -0.4 is 10.5 Å². The lowest BCUT2D eigenvalue weighted by molar-refractivity contribution is -0.386. The van der Waals surface area contributed by atoms with Crippen molar-refractivity contribution >= 4 is 28.3 Å². The maximum absolute atomic E-state index is 13.6. The molecule has 0 heterocycles. The number of hydrogen-bond donors (Lipinski definition) is 1. The van der Waals surface area contributed by atoms with Crippen LogP contribution in [0.4, 0.5) is 10.1 Å². The summed E-state index contributed by atoms with van der Waals surface area (Å²) in [5.74, 6) is -0.574. The topological polar surface area (TPSA) is 78.4 Å². The van der Waals surface area contributed by atoms with Gasteiger partial charge in [-0.15, -0.1) is 0 Å². The first-order chi connectivity index (χ1) is 9.91. The molecule has 0 bridgehead atoms. The lowest BCUT2D eigenvalue weighted by Gasteiger charge is -2.27. The molecule has 0 atom stereocenters. The Morgan fingerprint density at radius 3 is 2.52 bits per heavy atom. The molecule has 2 rings (SSSR count). The molecule has 0 amide bonds. The summed E-state index contributed by atoms with van der Waals surface area (Å²) in [4.78, 5) is 10.5. The minimum absolute atomic E-state index is 0.0491. The van der Waals surface area contributed by atoms with Gasteiger partial charge in [-0.2, -0.15) is 0 Å². The van der Waals surface area contributed by atoms with Crippen LogP contribution in [0, 0.1) is 19.5 Å². The molecule has 1 aromatic carbocycles. The smallest absolute Gasteiger partial charge is 0.312 e. The number of rotatable bonds is 4. The molecule has 1 aliphatic rings. The van der Waals surface area contributed by atoms with Gasteiger partial charge in [-0.3, -0.25) is 10.1 Å². The minimum atomic E-state index is -0.562. The van der Waals surface area contributed by atoms with Crippen molar-refractivity contribution in [2.75, 3.05) is 6.61 Å². The largest absolute Gasteiger partial charge is 0.485 e. The van der Waals surface area contributed by atoms with E-state index in [-0.39, 0.29) is 21.6 Å². The van der Waals surface area contributed by atoms with Crippen molar-refractivity contribution in [1.29, 1.82) is 0 Å². The normalized spacial score (nSPS) is 18.0. The van der Waals surface area contributed by atoms with Gasteiger partial charge in [0.25, 0.3) is 0 Å². The van der Waals surface area contributed by atoms with Crippen molar-refractivity contribution in [3.05, 3.63) is 31.6 Å². The van der Waals surface area contributed by atoms with Gasteiger partial charge in [0, 0.05) is 12.1 Å². The molecule has 7 heteroatoms. The lowest BCUT2D eigenvalue weighted by Crippen LogP contribution is -2.45. The van der Waals surface area contributed by atoms with Crippen molar-refractivity contribution in [3.8, 4) is 5.75 Å². The number of nitrogens with two attached hydrogens (primary N) is 1. The van der Waals surface area contributed by atoms with Crippen LogP contribution in [-0.4, -0.2) is 17.1 Å². The fourth-order valence-corrected chi connectivity index (χ4v) is 3.03. The van der Waals surface area contributed by atoms with Gasteiger partial charge in [0.1, 0.15) is 12.4 Å². The van der Waals surface area contributed by atoms with Gasteiger partial charge < -0.3 is 10.5 Å². The average Bonchev–Trinajstić information content (AvgIpc) is 2.65. The van der Waals surface area contributed by atoms with Crippen molar-refractivity contribution in [2.24, 2.45) is 5.73 Å². The first kappa shape index (κ1) is 16.4. The zero-order valence-electron chi connectivity index (χ0n) is 11.6. The summed E-state index contributed by atoms with van der Waals surface area (Å²) < 4.78 is 19.3. The van der Waals surface area contributed by atoms with Crippen LogP contribution in [0.15, 0.2) is 12.1 Å². The number of hydrogen-bond acceptors (Lipinski definition) is 4. The minimum Gasteiger partial charge on any atom is -0.485 e. The number of nitro benzene ring substituents is 1. The Morgan fingerprint density at radius 1 is 1.33 bits per heavy atom. The molecule has 1 aliphatic carbocycles. The summed E-state index contributed by atoms with van der Waals surface area (Å²) in [6.45, 7) is 0.174. The van der Waals surface area contributed by atoms with Gasteiger partial charge in [-0.05, 0) is 35.4 Å². The second-order valence-corrected chi connectivity index (χ2v) is 6.72. The van der Waals surface area contributed by atoms with Gasteiger partial charge in [0.15, 0.2) is 5.75 Å².